The second-order valence-electron chi connectivity index (χ2n) is 5.99. The number of hydrogen-bond acceptors (Lipinski definition) is 5. The van der Waals surface area contributed by atoms with Gasteiger partial charge in [-0.25, -0.2) is 4.68 Å². The summed E-state index contributed by atoms with van der Waals surface area (Å²) in [5, 5.41) is 7.20. The summed E-state index contributed by atoms with van der Waals surface area (Å²) in [6.07, 6.45) is 3.24. The van der Waals surface area contributed by atoms with Crippen molar-refractivity contribution in [1.29, 1.82) is 0 Å². The van der Waals surface area contributed by atoms with Gasteiger partial charge in [-0.15, -0.1) is 5.10 Å². The van der Waals surface area contributed by atoms with Crippen LogP contribution in [0.1, 0.15) is 21.9 Å². The Balaban J connectivity index is 1.66. The van der Waals surface area contributed by atoms with Crippen LogP contribution in [-0.4, -0.2) is 25.7 Å². The summed E-state index contributed by atoms with van der Waals surface area (Å²) in [6.45, 7) is 2.29. The maximum absolute atomic E-state index is 12.5. The van der Waals surface area contributed by atoms with Crippen molar-refractivity contribution >= 4 is 5.91 Å². The summed E-state index contributed by atoms with van der Waals surface area (Å²) in [7, 11) is 0. The van der Waals surface area contributed by atoms with Gasteiger partial charge < -0.3 is 9.73 Å². The van der Waals surface area contributed by atoms with Crippen molar-refractivity contribution in [2.75, 3.05) is 0 Å². The number of furan rings is 1. The van der Waals surface area contributed by atoms with Crippen LogP contribution in [0.2, 0.25) is 0 Å². The molecule has 0 aliphatic heterocycles. The van der Waals surface area contributed by atoms with E-state index in [1.54, 1.807) is 29.3 Å². The maximum atomic E-state index is 12.5. The van der Waals surface area contributed by atoms with Gasteiger partial charge in [0.15, 0.2) is 11.6 Å². The molecule has 0 saturated carbocycles. The van der Waals surface area contributed by atoms with Gasteiger partial charge in [0.2, 0.25) is 5.82 Å². The molecule has 4 rings (SSSR count). The first-order chi connectivity index (χ1) is 13.2. The lowest BCUT2D eigenvalue weighted by Crippen LogP contribution is -2.24. The number of pyridine rings is 1. The quantitative estimate of drug-likeness (QED) is 0.591. The number of aromatic nitrogens is 4. The van der Waals surface area contributed by atoms with Crippen molar-refractivity contribution in [1.82, 2.24) is 25.1 Å². The Morgan fingerprint density at radius 2 is 2.07 bits per heavy atom. The van der Waals surface area contributed by atoms with Crippen LogP contribution in [0.4, 0.5) is 0 Å². The highest BCUT2D eigenvalue weighted by Gasteiger charge is 2.20. The van der Waals surface area contributed by atoms with Crippen LogP contribution in [-0.2, 0) is 6.54 Å². The molecule has 7 heteroatoms. The van der Waals surface area contributed by atoms with Gasteiger partial charge >= 0.3 is 0 Å². The van der Waals surface area contributed by atoms with Crippen molar-refractivity contribution in [3.8, 4) is 17.3 Å². The molecule has 0 spiro atoms. The lowest BCUT2D eigenvalue weighted by molar-refractivity contribution is 0.0940. The summed E-state index contributed by atoms with van der Waals surface area (Å²) in [6, 6.07) is 16.9. The van der Waals surface area contributed by atoms with Crippen molar-refractivity contribution in [2.45, 2.75) is 13.5 Å². The molecule has 0 unspecified atom stereocenters. The van der Waals surface area contributed by atoms with E-state index in [-0.39, 0.29) is 11.7 Å². The molecule has 0 bridgehead atoms. The number of carbonyl (C=O) groups is 1. The van der Waals surface area contributed by atoms with Gasteiger partial charge in [0.05, 0.1) is 24.2 Å². The van der Waals surface area contributed by atoms with E-state index in [9.17, 15) is 4.79 Å². The summed E-state index contributed by atoms with van der Waals surface area (Å²) in [4.78, 5) is 21.1. The molecule has 1 N–H and O–H groups in total. The smallest absolute Gasteiger partial charge is 0.291 e. The number of amides is 1. The molecule has 1 amide bonds. The van der Waals surface area contributed by atoms with Crippen molar-refractivity contribution in [3.05, 3.63) is 84.1 Å². The molecule has 4 aromatic rings. The zero-order chi connectivity index (χ0) is 18.6. The number of hydrogen-bond donors (Lipinski definition) is 1. The summed E-state index contributed by atoms with van der Waals surface area (Å²) < 4.78 is 7.08. The molecule has 134 valence electrons. The number of rotatable bonds is 5. The van der Waals surface area contributed by atoms with E-state index in [0.29, 0.717) is 18.1 Å². The van der Waals surface area contributed by atoms with E-state index in [1.165, 1.54) is 0 Å². The van der Waals surface area contributed by atoms with Crippen LogP contribution in [0.25, 0.3) is 17.3 Å². The zero-order valence-electron chi connectivity index (χ0n) is 14.7. The van der Waals surface area contributed by atoms with E-state index in [1.807, 2.05) is 49.4 Å². The van der Waals surface area contributed by atoms with Gasteiger partial charge in [0.25, 0.3) is 5.91 Å². The molecule has 0 fully saturated rings. The van der Waals surface area contributed by atoms with Crippen LogP contribution in [0.3, 0.4) is 0 Å². The van der Waals surface area contributed by atoms with Gasteiger partial charge in [0, 0.05) is 6.20 Å². The molecule has 0 aliphatic carbocycles. The molecule has 0 saturated heterocycles. The standard InChI is InChI=1S/C20H17N5O2/c1-14-6-4-8-16(12-14)25-19(17-9-5-11-27-17)23-18(24-25)20(26)22-13-15-7-2-3-10-21-15/h2-12H,13H2,1H3,(H,22,26). The van der Waals surface area contributed by atoms with E-state index in [0.717, 1.165) is 16.9 Å². The van der Waals surface area contributed by atoms with Crippen molar-refractivity contribution < 1.29 is 9.21 Å². The van der Waals surface area contributed by atoms with Crippen LogP contribution in [0.15, 0.2) is 71.5 Å². The fraction of sp³-hybridized carbons (Fsp3) is 0.100. The minimum Gasteiger partial charge on any atom is -0.461 e. The van der Waals surface area contributed by atoms with Gasteiger partial charge in [-0.05, 0) is 48.9 Å². The first-order valence-corrected chi connectivity index (χ1v) is 8.47. The SMILES string of the molecule is Cc1cccc(-n2nc(C(=O)NCc3ccccn3)nc2-c2ccco2)c1. The maximum Gasteiger partial charge on any atom is 0.291 e. The van der Waals surface area contributed by atoms with Gasteiger partial charge in [-0.2, -0.15) is 4.98 Å². The Morgan fingerprint density at radius 1 is 1.15 bits per heavy atom. The van der Waals surface area contributed by atoms with E-state index in [2.05, 4.69) is 20.4 Å². The highest BCUT2D eigenvalue weighted by atomic mass is 16.3. The molecule has 3 aromatic heterocycles. The average Bonchev–Trinajstić information content (AvgIpc) is 3.36. The minimum absolute atomic E-state index is 0.0684. The molecule has 7 nitrogen and oxygen atoms in total. The summed E-state index contributed by atoms with van der Waals surface area (Å²) in [5.74, 6) is 0.695. The third kappa shape index (κ3) is 3.62. The second-order valence-corrected chi connectivity index (χ2v) is 5.99. The Morgan fingerprint density at radius 3 is 2.81 bits per heavy atom. The highest BCUT2D eigenvalue weighted by molar-refractivity contribution is 5.90. The third-order valence-corrected chi connectivity index (χ3v) is 3.95. The first kappa shape index (κ1) is 16.7. The molecule has 0 atom stereocenters. The number of nitrogens with one attached hydrogen (secondary N) is 1. The van der Waals surface area contributed by atoms with Crippen LogP contribution >= 0.6 is 0 Å². The highest BCUT2D eigenvalue weighted by Crippen LogP contribution is 2.22. The van der Waals surface area contributed by atoms with Gasteiger partial charge in [-0.3, -0.25) is 9.78 Å². The summed E-state index contributed by atoms with van der Waals surface area (Å²) in [5.41, 5.74) is 2.64. The van der Waals surface area contributed by atoms with Gasteiger partial charge in [-0.1, -0.05) is 18.2 Å². The fourth-order valence-electron chi connectivity index (χ4n) is 2.67. The predicted molar refractivity (Wildman–Crippen MR) is 99.2 cm³/mol. The van der Waals surface area contributed by atoms with Crippen molar-refractivity contribution in [3.63, 3.8) is 0 Å². The topological polar surface area (TPSA) is 85.8 Å². The number of carbonyl (C=O) groups excluding carboxylic acids is 1. The third-order valence-electron chi connectivity index (χ3n) is 3.95. The van der Waals surface area contributed by atoms with Crippen molar-refractivity contribution in [2.24, 2.45) is 0 Å². The van der Waals surface area contributed by atoms with Gasteiger partial charge in [0.1, 0.15) is 0 Å². The summed E-state index contributed by atoms with van der Waals surface area (Å²) >= 11 is 0. The monoisotopic (exact) mass is 359 g/mol. The average molecular weight is 359 g/mol. The van der Waals surface area contributed by atoms with Crippen LogP contribution in [0.5, 0.6) is 0 Å². The normalized spacial score (nSPS) is 10.7. The first-order valence-electron chi connectivity index (χ1n) is 8.47. The Hall–Kier alpha value is -3.74. The van der Waals surface area contributed by atoms with E-state index in [4.69, 9.17) is 4.42 Å². The fourth-order valence-corrected chi connectivity index (χ4v) is 2.67. The lowest BCUT2D eigenvalue weighted by Gasteiger charge is -2.04. The number of benzene rings is 1. The zero-order valence-corrected chi connectivity index (χ0v) is 14.7. The Bertz CT molecular complexity index is 1060. The minimum atomic E-state index is -0.375. The largest absolute Gasteiger partial charge is 0.461 e. The number of nitrogens with zero attached hydrogens (tertiary/aromatic N) is 4. The number of aryl methyl sites for hydroxylation is 1. The Kier molecular flexibility index (Phi) is 4.49. The van der Waals surface area contributed by atoms with Crippen LogP contribution < -0.4 is 5.32 Å². The molecule has 27 heavy (non-hydrogen) atoms. The Labute approximate surface area is 155 Å². The molecule has 0 aliphatic rings. The molecule has 1 aromatic carbocycles. The lowest BCUT2D eigenvalue weighted by atomic mass is 10.2. The van der Waals surface area contributed by atoms with E-state index >= 15 is 0 Å². The molecule has 3 heterocycles. The van der Waals surface area contributed by atoms with E-state index < -0.39 is 0 Å². The molecular formula is C20H17N5O2. The van der Waals surface area contributed by atoms with Crippen LogP contribution in [0, 0.1) is 6.92 Å². The predicted octanol–water partition coefficient (Wildman–Crippen LogP) is 3.16. The molecule has 0 radical (unpaired) electrons. The second kappa shape index (κ2) is 7.25. The molecular weight excluding hydrogens is 342 g/mol.